The van der Waals surface area contributed by atoms with Crippen LogP contribution in [0, 0.1) is 6.92 Å². The first-order valence-electron chi connectivity index (χ1n) is 7.55. The van der Waals surface area contributed by atoms with E-state index in [1.54, 1.807) is 36.4 Å². The van der Waals surface area contributed by atoms with Gasteiger partial charge in [0.05, 0.1) is 23.6 Å². The lowest BCUT2D eigenvalue weighted by Gasteiger charge is -2.26. The molecular weight excluding hydrogens is 342 g/mol. The molecule has 25 heavy (non-hydrogen) atoms. The molecular formula is C18H17NO5S. The molecule has 1 atom stereocenters. The Morgan fingerprint density at radius 2 is 1.80 bits per heavy atom. The minimum absolute atomic E-state index is 0.0805. The molecule has 0 aliphatic carbocycles. The van der Waals surface area contributed by atoms with E-state index in [-0.39, 0.29) is 10.5 Å². The molecule has 2 aromatic rings. The molecule has 0 saturated carbocycles. The van der Waals surface area contributed by atoms with Crippen LogP contribution in [-0.2, 0) is 19.6 Å². The van der Waals surface area contributed by atoms with Gasteiger partial charge < -0.3 is 9.47 Å². The van der Waals surface area contributed by atoms with Crippen molar-refractivity contribution in [2.24, 2.45) is 0 Å². The maximum atomic E-state index is 12.7. The Kier molecular flexibility index (Phi) is 4.61. The van der Waals surface area contributed by atoms with Crippen LogP contribution >= 0.6 is 0 Å². The van der Waals surface area contributed by atoms with Gasteiger partial charge in [-0.1, -0.05) is 35.9 Å². The minimum Gasteiger partial charge on any atom is -0.466 e. The van der Waals surface area contributed by atoms with Crippen molar-refractivity contribution in [2.45, 2.75) is 17.9 Å². The van der Waals surface area contributed by atoms with Crippen molar-refractivity contribution in [1.29, 1.82) is 0 Å². The number of carbonyl (C=O) groups excluding carboxylic acids is 1. The number of aryl methyl sites for hydroxylation is 1. The molecule has 1 heterocycles. The third kappa shape index (κ3) is 3.42. The normalized spacial score (nSPS) is 16.4. The van der Waals surface area contributed by atoms with E-state index in [1.165, 1.54) is 25.5 Å². The van der Waals surface area contributed by atoms with Crippen molar-refractivity contribution in [3.05, 3.63) is 71.5 Å². The predicted octanol–water partition coefficient (Wildman–Crippen LogP) is 2.46. The molecule has 0 radical (unpaired) electrons. The largest absolute Gasteiger partial charge is 0.466 e. The monoisotopic (exact) mass is 359 g/mol. The molecule has 1 aliphatic rings. The highest BCUT2D eigenvalue weighted by atomic mass is 32.2. The van der Waals surface area contributed by atoms with E-state index in [4.69, 9.17) is 9.47 Å². The Bertz CT molecular complexity index is 932. The van der Waals surface area contributed by atoms with E-state index in [9.17, 15) is 13.2 Å². The Hall–Kier alpha value is -2.64. The summed E-state index contributed by atoms with van der Waals surface area (Å²) < 4.78 is 38.2. The maximum absolute atomic E-state index is 12.7. The first-order chi connectivity index (χ1) is 11.9. The van der Waals surface area contributed by atoms with E-state index in [2.05, 4.69) is 4.72 Å². The predicted molar refractivity (Wildman–Crippen MR) is 91.4 cm³/mol. The lowest BCUT2D eigenvalue weighted by Crippen LogP contribution is -2.34. The second-order valence-electron chi connectivity index (χ2n) is 5.59. The third-order valence-electron chi connectivity index (χ3n) is 3.88. The fourth-order valence-corrected chi connectivity index (χ4v) is 3.73. The zero-order valence-electron chi connectivity index (χ0n) is 13.7. The van der Waals surface area contributed by atoms with Gasteiger partial charge >= 0.3 is 5.97 Å². The van der Waals surface area contributed by atoms with Crippen LogP contribution in [-0.4, -0.2) is 21.5 Å². The van der Waals surface area contributed by atoms with Gasteiger partial charge in [0.15, 0.2) is 0 Å². The summed E-state index contributed by atoms with van der Waals surface area (Å²) in [6.07, 6.45) is 1.22. The molecule has 0 aromatic heterocycles. The molecule has 1 aliphatic heterocycles. The third-order valence-corrected chi connectivity index (χ3v) is 5.32. The zero-order valence-corrected chi connectivity index (χ0v) is 14.5. The van der Waals surface area contributed by atoms with E-state index in [0.29, 0.717) is 11.3 Å². The van der Waals surface area contributed by atoms with Crippen LogP contribution in [0.15, 0.2) is 65.3 Å². The average molecular weight is 359 g/mol. The van der Waals surface area contributed by atoms with Gasteiger partial charge in [0, 0.05) is 5.56 Å². The maximum Gasteiger partial charge on any atom is 0.338 e. The number of fused-ring (bicyclic) bond motifs is 1. The summed E-state index contributed by atoms with van der Waals surface area (Å²) in [6.45, 7) is 1.87. The summed E-state index contributed by atoms with van der Waals surface area (Å²) in [5.41, 5.74) is 1.57. The molecule has 0 spiro atoms. The highest BCUT2D eigenvalue weighted by molar-refractivity contribution is 7.89. The van der Waals surface area contributed by atoms with E-state index >= 15 is 0 Å². The molecule has 130 valence electrons. The number of para-hydroxylation sites is 1. The van der Waals surface area contributed by atoms with Gasteiger partial charge in [-0.3, -0.25) is 0 Å². The number of nitrogens with one attached hydrogen (secondary N) is 1. The minimum atomic E-state index is -3.85. The van der Waals surface area contributed by atoms with Crippen LogP contribution in [0.1, 0.15) is 17.2 Å². The van der Waals surface area contributed by atoms with Crippen LogP contribution < -0.4 is 9.46 Å². The highest BCUT2D eigenvalue weighted by Gasteiger charge is 2.33. The smallest absolute Gasteiger partial charge is 0.338 e. The summed E-state index contributed by atoms with van der Waals surface area (Å²) in [6, 6.07) is 12.5. The second kappa shape index (κ2) is 6.70. The Morgan fingerprint density at radius 3 is 2.48 bits per heavy atom. The van der Waals surface area contributed by atoms with Gasteiger partial charge in [-0.2, -0.15) is 4.72 Å². The van der Waals surface area contributed by atoms with E-state index in [1.807, 2.05) is 6.92 Å². The van der Waals surface area contributed by atoms with Crippen LogP contribution in [0.5, 0.6) is 5.75 Å². The quantitative estimate of drug-likeness (QED) is 0.848. The molecule has 6 nitrogen and oxygen atoms in total. The lowest BCUT2D eigenvalue weighted by atomic mass is 9.98. The SMILES string of the molecule is COC(=O)C1=COc2ccccc2C1NS(=O)(=O)c1ccc(C)cc1. The molecule has 0 amide bonds. The molecule has 2 aromatic carbocycles. The number of esters is 1. The fraction of sp³-hybridized carbons (Fsp3) is 0.167. The summed E-state index contributed by atoms with van der Waals surface area (Å²) >= 11 is 0. The van der Waals surface area contributed by atoms with Crippen molar-refractivity contribution >= 4 is 16.0 Å². The van der Waals surface area contributed by atoms with Crippen molar-refractivity contribution in [3.63, 3.8) is 0 Å². The second-order valence-corrected chi connectivity index (χ2v) is 7.30. The molecule has 7 heteroatoms. The van der Waals surface area contributed by atoms with Gasteiger partial charge in [-0.15, -0.1) is 0 Å². The van der Waals surface area contributed by atoms with E-state index < -0.39 is 22.0 Å². The summed E-state index contributed by atoms with van der Waals surface area (Å²) in [4.78, 5) is 12.2. The van der Waals surface area contributed by atoms with Crippen LogP contribution in [0.4, 0.5) is 0 Å². The van der Waals surface area contributed by atoms with Gasteiger partial charge in [0.25, 0.3) is 0 Å². The number of hydrogen-bond donors (Lipinski definition) is 1. The van der Waals surface area contributed by atoms with Crippen molar-refractivity contribution in [3.8, 4) is 5.75 Å². The average Bonchev–Trinajstić information content (AvgIpc) is 2.61. The van der Waals surface area contributed by atoms with Crippen LogP contribution in [0.3, 0.4) is 0 Å². The molecule has 0 fully saturated rings. The van der Waals surface area contributed by atoms with Gasteiger partial charge in [0.1, 0.15) is 12.0 Å². The Morgan fingerprint density at radius 1 is 1.12 bits per heavy atom. The lowest BCUT2D eigenvalue weighted by molar-refractivity contribution is -0.136. The number of rotatable bonds is 4. The number of hydrogen-bond acceptors (Lipinski definition) is 5. The standard InChI is InChI=1S/C18H17NO5S/c1-12-7-9-13(10-8-12)25(21,22)19-17-14-5-3-4-6-16(14)24-11-15(17)18(20)23-2/h3-11,17,19H,1-2H3. The van der Waals surface area contributed by atoms with Crippen LogP contribution in [0.2, 0.25) is 0 Å². The Balaban J connectivity index is 2.02. The number of carbonyl (C=O) groups is 1. The molecule has 1 N–H and O–H groups in total. The number of methoxy groups -OCH3 is 1. The summed E-state index contributed by atoms with van der Waals surface area (Å²) in [5.74, 6) is -0.183. The van der Waals surface area contributed by atoms with Crippen molar-refractivity contribution in [2.75, 3.05) is 7.11 Å². The Labute approximate surface area is 146 Å². The van der Waals surface area contributed by atoms with Gasteiger partial charge in [0.2, 0.25) is 10.0 Å². The number of ether oxygens (including phenoxy) is 2. The van der Waals surface area contributed by atoms with E-state index in [0.717, 1.165) is 5.56 Å². The molecule has 1 unspecified atom stereocenters. The van der Waals surface area contributed by atoms with Crippen molar-refractivity contribution < 1.29 is 22.7 Å². The summed E-state index contributed by atoms with van der Waals surface area (Å²) in [5, 5.41) is 0. The number of benzene rings is 2. The zero-order chi connectivity index (χ0) is 18.0. The first-order valence-corrected chi connectivity index (χ1v) is 9.03. The molecule has 3 rings (SSSR count). The highest BCUT2D eigenvalue weighted by Crippen LogP contribution is 2.35. The topological polar surface area (TPSA) is 81.7 Å². The molecule has 0 bridgehead atoms. The summed E-state index contributed by atoms with van der Waals surface area (Å²) in [7, 11) is -2.62. The van der Waals surface area contributed by atoms with Crippen molar-refractivity contribution in [1.82, 2.24) is 4.72 Å². The number of sulfonamides is 1. The molecule has 0 saturated heterocycles. The first kappa shape index (κ1) is 17.2. The van der Waals surface area contributed by atoms with Gasteiger partial charge in [-0.25, -0.2) is 13.2 Å². The fourth-order valence-electron chi connectivity index (χ4n) is 2.54. The van der Waals surface area contributed by atoms with Gasteiger partial charge in [-0.05, 0) is 25.1 Å². The van der Waals surface area contributed by atoms with Crippen LogP contribution in [0.25, 0.3) is 0 Å².